The van der Waals surface area contributed by atoms with Crippen molar-refractivity contribution in [3.05, 3.63) is 21.3 Å². The minimum Gasteiger partial charge on any atom is -0.443 e. The van der Waals surface area contributed by atoms with Gasteiger partial charge in [0, 0.05) is 5.75 Å². The van der Waals surface area contributed by atoms with E-state index in [0.29, 0.717) is 11.3 Å². The molecule has 0 aromatic rings. The summed E-state index contributed by atoms with van der Waals surface area (Å²) >= 11 is 0. The van der Waals surface area contributed by atoms with Crippen LogP contribution in [0.25, 0.3) is 0 Å². The third-order valence-corrected chi connectivity index (χ3v) is 7.11. The van der Waals surface area contributed by atoms with Crippen LogP contribution in [0.3, 0.4) is 0 Å². The van der Waals surface area contributed by atoms with Crippen LogP contribution in [0.4, 0.5) is 4.79 Å². The molecule has 0 aliphatic carbocycles. The molecule has 6 nitrogen and oxygen atoms in total. The van der Waals surface area contributed by atoms with Crippen molar-refractivity contribution in [1.82, 2.24) is 0 Å². The van der Waals surface area contributed by atoms with Gasteiger partial charge >= 0.3 is 6.09 Å². The summed E-state index contributed by atoms with van der Waals surface area (Å²) in [7, 11) is -4.83. The number of ether oxygens (including phenoxy) is 1. The second-order valence-corrected chi connectivity index (χ2v) is 8.46. The number of carbonyl (C=O) groups is 1. The van der Waals surface area contributed by atoms with E-state index in [2.05, 4.69) is 0 Å². The van der Waals surface area contributed by atoms with Crippen LogP contribution < -0.4 is 10.9 Å². The van der Waals surface area contributed by atoms with Crippen molar-refractivity contribution >= 4 is 27.0 Å². The van der Waals surface area contributed by atoms with Crippen LogP contribution in [0.15, 0.2) is 21.3 Å². The molecule has 0 spiro atoms. The first-order chi connectivity index (χ1) is 8.03. The quantitative estimate of drug-likeness (QED) is 0.669. The molecule has 1 rings (SSSR count). The van der Waals surface area contributed by atoms with Gasteiger partial charge in [0.05, 0.1) is 0 Å². The molecular weight excluding hydrogens is 276 g/mol. The van der Waals surface area contributed by atoms with E-state index in [4.69, 9.17) is 15.6 Å². The second-order valence-electron chi connectivity index (χ2n) is 4.66. The van der Waals surface area contributed by atoms with Crippen LogP contribution in [-0.2, 0) is 14.8 Å². The van der Waals surface area contributed by atoms with Crippen LogP contribution in [0.1, 0.15) is 20.8 Å². The summed E-state index contributed by atoms with van der Waals surface area (Å²) in [6.45, 7) is 5.06. The molecule has 1 unspecified atom stereocenters. The van der Waals surface area contributed by atoms with Crippen LogP contribution in [-0.4, -0.2) is 25.9 Å². The van der Waals surface area contributed by atoms with Crippen molar-refractivity contribution < 1.29 is 17.9 Å². The number of rotatable bonds is 4. The molecule has 0 saturated carbocycles. The Labute approximate surface area is 109 Å². The molecule has 8 heteroatoms. The molecule has 1 heterocycles. The number of sulfonamides is 1. The Balaban J connectivity index is 2.93. The Morgan fingerprint density at radius 1 is 1.50 bits per heavy atom. The summed E-state index contributed by atoms with van der Waals surface area (Å²) in [4.78, 5) is 10.8. The van der Waals surface area contributed by atoms with Gasteiger partial charge in [0.15, 0.2) is 0 Å². The van der Waals surface area contributed by atoms with Gasteiger partial charge in [-0.3, -0.25) is 0 Å². The third kappa shape index (κ3) is 3.76. The monoisotopic (exact) mass is 294 g/mol. The maximum Gasteiger partial charge on any atom is 0.405 e. The average molecular weight is 294 g/mol. The number of primary amides is 1. The number of carbonyl (C=O) groups excluding carboxylic acids is 1. The Kier molecular flexibility index (Phi) is 4.14. The van der Waals surface area contributed by atoms with Gasteiger partial charge in [-0.25, -0.2) is 18.4 Å². The molecule has 18 heavy (non-hydrogen) atoms. The van der Waals surface area contributed by atoms with E-state index in [9.17, 15) is 13.2 Å². The number of amides is 1. The number of primary sulfonamides is 1. The highest BCUT2D eigenvalue weighted by Gasteiger charge is 2.31. The third-order valence-electron chi connectivity index (χ3n) is 2.30. The fourth-order valence-corrected chi connectivity index (χ4v) is 6.20. The van der Waals surface area contributed by atoms with E-state index in [1.807, 2.05) is 0 Å². The molecule has 0 aromatic carbocycles. The van der Waals surface area contributed by atoms with E-state index in [1.54, 1.807) is 32.3 Å². The summed E-state index contributed by atoms with van der Waals surface area (Å²) in [5.74, 6) is 0.366. The molecular formula is C10H18N2O4S2. The molecule has 0 saturated heterocycles. The van der Waals surface area contributed by atoms with Crippen LogP contribution in [0.2, 0.25) is 0 Å². The van der Waals surface area contributed by atoms with Crippen molar-refractivity contribution in [2.24, 2.45) is 10.9 Å². The molecule has 4 N–H and O–H groups in total. The number of thiol groups is 1. The molecule has 104 valence electrons. The van der Waals surface area contributed by atoms with Gasteiger partial charge in [-0.05, 0) is 31.8 Å². The maximum absolute atomic E-state index is 11.5. The van der Waals surface area contributed by atoms with Crippen LogP contribution in [0, 0.1) is 0 Å². The molecule has 0 bridgehead atoms. The predicted octanol–water partition coefficient (Wildman–Crippen LogP) is 0.909. The Morgan fingerprint density at radius 3 is 2.50 bits per heavy atom. The largest absolute Gasteiger partial charge is 0.443 e. The molecule has 0 fully saturated rings. The lowest BCUT2D eigenvalue weighted by atomic mass is 10.2. The van der Waals surface area contributed by atoms with Gasteiger partial charge in [0.2, 0.25) is 10.0 Å². The number of allylic oxidation sites excluding steroid dienone is 2. The van der Waals surface area contributed by atoms with Gasteiger partial charge in [-0.2, -0.15) is 10.9 Å². The Hall–Kier alpha value is -0.990. The lowest BCUT2D eigenvalue weighted by molar-refractivity contribution is 0.0633. The van der Waals surface area contributed by atoms with E-state index < -0.39 is 32.6 Å². The standard InChI is InChI=1S/C10H18N2O4S2/c1-7-4-5-17(8(7)18(12,14)15)6-10(2,3)16-9(11)13/h4-5,17H,6H2,1-3H3,(H2,11,13)(H2,12,14,15). The van der Waals surface area contributed by atoms with Crippen LogP contribution >= 0.6 is 10.9 Å². The summed E-state index contributed by atoms with van der Waals surface area (Å²) < 4.78 is 28.2. The van der Waals surface area contributed by atoms with Crippen molar-refractivity contribution in [1.29, 1.82) is 0 Å². The van der Waals surface area contributed by atoms with E-state index in [1.165, 1.54) is 0 Å². The zero-order chi connectivity index (χ0) is 14.1. The first-order valence-electron chi connectivity index (χ1n) is 5.20. The molecule has 1 aliphatic rings. The highest BCUT2D eigenvalue weighted by atomic mass is 32.3. The molecule has 0 radical (unpaired) electrons. The van der Waals surface area contributed by atoms with Crippen molar-refractivity contribution in [2.45, 2.75) is 26.4 Å². The highest BCUT2D eigenvalue weighted by molar-refractivity contribution is 8.31. The number of nitrogens with two attached hydrogens (primary N) is 2. The number of hydrogen-bond donors (Lipinski definition) is 3. The molecule has 0 aromatic heterocycles. The van der Waals surface area contributed by atoms with E-state index in [-0.39, 0.29) is 4.24 Å². The van der Waals surface area contributed by atoms with Gasteiger partial charge in [0.1, 0.15) is 9.84 Å². The minimum atomic E-state index is -3.73. The fourth-order valence-electron chi connectivity index (χ4n) is 1.79. The second kappa shape index (κ2) is 4.94. The van der Waals surface area contributed by atoms with Gasteiger partial charge in [0.25, 0.3) is 0 Å². The SMILES string of the molecule is CC1=C(S(N)(=O)=O)[SH](CC(C)(C)OC(N)=O)C=C1. The Bertz CT molecular complexity index is 520. The number of hydrogen-bond acceptors (Lipinski definition) is 4. The van der Waals surface area contributed by atoms with Gasteiger partial charge < -0.3 is 10.5 Å². The summed E-state index contributed by atoms with van der Waals surface area (Å²) in [6, 6.07) is 0. The summed E-state index contributed by atoms with van der Waals surface area (Å²) in [6.07, 6.45) is 0.849. The highest BCUT2D eigenvalue weighted by Crippen LogP contribution is 2.48. The maximum atomic E-state index is 11.5. The fraction of sp³-hybridized carbons (Fsp3) is 0.500. The lowest BCUT2D eigenvalue weighted by Gasteiger charge is -2.29. The van der Waals surface area contributed by atoms with Gasteiger partial charge in [-0.1, -0.05) is 6.08 Å². The first kappa shape index (κ1) is 15.1. The molecule has 1 amide bonds. The van der Waals surface area contributed by atoms with Crippen molar-refractivity contribution in [3.8, 4) is 0 Å². The summed E-state index contributed by atoms with van der Waals surface area (Å²) in [5.41, 5.74) is 4.78. The zero-order valence-electron chi connectivity index (χ0n) is 10.5. The molecule has 1 aliphatic heterocycles. The smallest absolute Gasteiger partial charge is 0.405 e. The minimum absolute atomic E-state index is 0.235. The molecule has 1 atom stereocenters. The normalized spacial score (nSPS) is 22.3. The van der Waals surface area contributed by atoms with E-state index >= 15 is 0 Å². The van der Waals surface area contributed by atoms with E-state index in [0.717, 1.165) is 0 Å². The van der Waals surface area contributed by atoms with Crippen molar-refractivity contribution in [3.63, 3.8) is 0 Å². The average Bonchev–Trinajstić information content (AvgIpc) is 2.41. The summed E-state index contributed by atoms with van der Waals surface area (Å²) in [5, 5.41) is 7.00. The Morgan fingerprint density at radius 2 is 2.06 bits per heavy atom. The van der Waals surface area contributed by atoms with Crippen molar-refractivity contribution in [2.75, 3.05) is 5.75 Å². The topological polar surface area (TPSA) is 112 Å². The van der Waals surface area contributed by atoms with Gasteiger partial charge in [-0.15, -0.1) is 0 Å². The predicted molar refractivity (Wildman–Crippen MR) is 73.5 cm³/mol. The van der Waals surface area contributed by atoms with Crippen LogP contribution in [0.5, 0.6) is 0 Å². The lowest BCUT2D eigenvalue weighted by Crippen LogP contribution is -2.34. The zero-order valence-corrected chi connectivity index (χ0v) is 12.2. The first-order valence-corrected chi connectivity index (χ1v) is 8.34.